The molecule has 10 heteroatoms. The second-order valence-electron chi connectivity index (χ2n) is 6.86. The van der Waals surface area contributed by atoms with Gasteiger partial charge >= 0.3 is 5.97 Å². The van der Waals surface area contributed by atoms with E-state index < -0.39 is 17.4 Å². The zero-order valence-corrected chi connectivity index (χ0v) is 18.8. The zero-order valence-electron chi connectivity index (χ0n) is 18.0. The highest BCUT2D eigenvalue weighted by atomic mass is 35.5. The second-order valence-corrected chi connectivity index (χ2v) is 7.27. The smallest absolute Gasteiger partial charge is 0.311 e. The number of carbonyl (C=O) groups is 2. The number of carbonyl (C=O) groups excluding carboxylic acids is 2. The van der Waals surface area contributed by atoms with Crippen LogP contribution < -0.4 is 16.2 Å². The fourth-order valence-electron chi connectivity index (χ4n) is 2.83. The number of nitrogens with zero attached hydrogens (tertiary/aromatic N) is 2. The van der Waals surface area contributed by atoms with Crippen LogP contribution in [0.25, 0.3) is 0 Å². The van der Waals surface area contributed by atoms with Crippen LogP contribution in [-0.2, 0) is 16.0 Å². The van der Waals surface area contributed by atoms with Crippen molar-refractivity contribution in [3.63, 3.8) is 0 Å². The SMILES string of the molecule is CCOC(=O)Cc1cc(=O)[nH]c(N=C(NC(=O)c2ccccc2)Nc2cccc(Cl)c2C)n1. The Bertz CT molecular complexity index is 1240. The average molecular weight is 468 g/mol. The number of aliphatic imine (C=N–C) groups is 1. The number of rotatable bonds is 6. The molecule has 9 nitrogen and oxygen atoms in total. The summed E-state index contributed by atoms with van der Waals surface area (Å²) < 4.78 is 4.90. The number of ether oxygens (including phenoxy) is 1. The maximum atomic E-state index is 12.7. The molecule has 0 atom stereocenters. The van der Waals surface area contributed by atoms with Crippen LogP contribution in [0.2, 0.25) is 5.02 Å². The van der Waals surface area contributed by atoms with E-state index in [1.54, 1.807) is 62.4 Å². The molecule has 1 aromatic heterocycles. The quantitative estimate of drug-likeness (QED) is 0.290. The van der Waals surface area contributed by atoms with Gasteiger partial charge in [-0.15, -0.1) is 0 Å². The van der Waals surface area contributed by atoms with Crippen molar-refractivity contribution in [1.82, 2.24) is 15.3 Å². The predicted octanol–water partition coefficient (Wildman–Crippen LogP) is 3.37. The number of esters is 1. The Hall–Kier alpha value is -3.98. The number of guanidine groups is 1. The fourth-order valence-corrected chi connectivity index (χ4v) is 3.00. The molecule has 0 aliphatic carbocycles. The van der Waals surface area contributed by atoms with Gasteiger partial charge in [0.05, 0.1) is 18.7 Å². The van der Waals surface area contributed by atoms with Gasteiger partial charge in [-0.3, -0.25) is 24.7 Å². The van der Waals surface area contributed by atoms with Gasteiger partial charge in [-0.1, -0.05) is 35.9 Å². The first-order valence-electron chi connectivity index (χ1n) is 10.1. The fraction of sp³-hybridized carbons (Fsp3) is 0.174. The van der Waals surface area contributed by atoms with E-state index >= 15 is 0 Å². The summed E-state index contributed by atoms with van der Waals surface area (Å²) in [7, 11) is 0. The molecule has 0 saturated carbocycles. The summed E-state index contributed by atoms with van der Waals surface area (Å²) in [6.07, 6.45) is -0.188. The van der Waals surface area contributed by atoms with Gasteiger partial charge in [0.2, 0.25) is 11.9 Å². The molecule has 0 bridgehead atoms. The first-order valence-corrected chi connectivity index (χ1v) is 10.5. The summed E-state index contributed by atoms with van der Waals surface area (Å²) in [5.41, 5.74) is 1.42. The summed E-state index contributed by atoms with van der Waals surface area (Å²) in [5, 5.41) is 6.22. The number of aromatic amines is 1. The Morgan fingerprint density at radius 3 is 2.64 bits per heavy atom. The maximum absolute atomic E-state index is 12.7. The highest BCUT2D eigenvalue weighted by Gasteiger charge is 2.13. The Morgan fingerprint density at radius 1 is 1.15 bits per heavy atom. The lowest BCUT2D eigenvalue weighted by Gasteiger charge is -2.14. The van der Waals surface area contributed by atoms with Crippen LogP contribution in [0.3, 0.4) is 0 Å². The van der Waals surface area contributed by atoms with E-state index in [0.29, 0.717) is 16.3 Å². The van der Waals surface area contributed by atoms with Gasteiger partial charge in [0.25, 0.3) is 11.5 Å². The third-order valence-corrected chi connectivity index (χ3v) is 4.83. The molecule has 0 fully saturated rings. The van der Waals surface area contributed by atoms with E-state index in [2.05, 4.69) is 25.6 Å². The minimum atomic E-state index is -0.518. The second kappa shape index (κ2) is 11.1. The number of halogens is 1. The van der Waals surface area contributed by atoms with Crippen molar-refractivity contribution in [1.29, 1.82) is 0 Å². The number of anilines is 1. The molecule has 0 unspecified atom stereocenters. The Morgan fingerprint density at radius 2 is 1.91 bits per heavy atom. The van der Waals surface area contributed by atoms with Crippen molar-refractivity contribution >= 4 is 41.1 Å². The molecule has 1 heterocycles. The molecule has 33 heavy (non-hydrogen) atoms. The Balaban J connectivity index is 1.96. The molecule has 3 N–H and O–H groups in total. The van der Waals surface area contributed by atoms with E-state index in [-0.39, 0.29) is 30.6 Å². The minimum Gasteiger partial charge on any atom is -0.466 e. The maximum Gasteiger partial charge on any atom is 0.311 e. The molecule has 0 spiro atoms. The molecule has 3 aromatic rings. The summed E-state index contributed by atoms with van der Waals surface area (Å²) in [4.78, 5) is 47.6. The number of hydrogen-bond acceptors (Lipinski definition) is 6. The summed E-state index contributed by atoms with van der Waals surface area (Å²) in [5.74, 6) is -1.04. The Labute approximate surface area is 194 Å². The van der Waals surface area contributed by atoms with Crippen LogP contribution in [0, 0.1) is 6.92 Å². The molecular weight excluding hydrogens is 446 g/mol. The highest BCUT2D eigenvalue weighted by Crippen LogP contribution is 2.23. The Kier molecular flexibility index (Phi) is 7.93. The third kappa shape index (κ3) is 6.75. The van der Waals surface area contributed by atoms with Crippen LogP contribution in [0.1, 0.15) is 28.5 Å². The third-order valence-electron chi connectivity index (χ3n) is 4.42. The largest absolute Gasteiger partial charge is 0.466 e. The lowest BCUT2D eigenvalue weighted by molar-refractivity contribution is -0.142. The molecule has 0 radical (unpaired) electrons. The molecular formula is C23H22ClN5O4. The number of aromatic nitrogens is 2. The monoisotopic (exact) mass is 467 g/mol. The van der Waals surface area contributed by atoms with Crippen LogP contribution in [-0.4, -0.2) is 34.4 Å². The minimum absolute atomic E-state index is 0.00524. The van der Waals surface area contributed by atoms with E-state index in [4.69, 9.17) is 16.3 Å². The zero-order chi connectivity index (χ0) is 23.8. The molecule has 2 aromatic carbocycles. The summed E-state index contributed by atoms with van der Waals surface area (Å²) in [6, 6.07) is 15.0. The van der Waals surface area contributed by atoms with E-state index in [0.717, 1.165) is 5.56 Å². The van der Waals surface area contributed by atoms with Crippen LogP contribution in [0.4, 0.5) is 11.6 Å². The normalized spacial score (nSPS) is 11.1. The van der Waals surface area contributed by atoms with Gasteiger partial charge < -0.3 is 10.1 Å². The number of H-pyrrole nitrogens is 1. The lowest BCUT2D eigenvalue weighted by atomic mass is 10.2. The first-order chi connectivity index (χ1) is 15.9. The molecule has 0 saturated heterocycles. The van der Waals surface area contributed by atoms with Crippen molar-refractivity contribution in [2.24, 2.45) is 4.99 Å². The number of hydrogen-bond donors (Lipinski definition) is 3. The van der Waals surface area contributed by atoms with Crippen LogP contribution in [0.5, 0.6) is 0 Å². The lowest BCUT2D eigenvalue weighted by Crippen LogP contribution is -2.36. The predicted molar refractivity (Wildman–Crippen MR) is 126 cm³/mol. The van der Waals surface area contributed by atoms with Crippen LogP contribution in [0.15, 0.2) is 64.4 Å². The highest BCUT2D eigenvalue weighted by molar-refractivity contribution is 6.31. The first kappa shape index (κ1) is 23.7. The van der Waals surface area contributed by atoms with Crippen molar-refractivity contribution in [2.45, 2.75) is 20.3 Å². The van der Waals surface area contributed by atoms with Crippen molar-refractivity contribution < 1.29 is 14.3 Å². The van der Waals surface area contributed by atoms with E-state index in [1.807, 2.05) is 0 Å². The van der Waals surface area contributed by atoms with Crippen molar-refractivity contribution in [3.05, 3.63) is 86.8 Å². The van der Waals surface area contributed by atoms with Gasteiger partial charge in [0.15, 0.2) is 0 Å². The van der Waals surface area contributed by atoms with E-state index in [1.165, 1.54) is 6.07 Å². The van der Waals surface area contributed by atoms with Crippen molar-refractivity contribution in [2.75, 3.05) is 11.9 Å². The average Bonchev–Trinajstić information content (AvgIpc) is 2.77. The molecule has 1 amide bonds. The molecule has 170 valence electrons. The molecule has 3 rings (SSSR count). The van der Waals surface area contributed by atoms with Gasteiger partial charge in [-0.05, 0) is 43.7 Å². The number of amides is 1. The number of nitrogens with one attached hydrogen (secondary N) is 3. The van der Waals surface area contributed by atoms with Gasteiger partial charge in [-0.25, -0.2) is 4.98 Å². The molecule has 0 aliphatic heterocycles. The summed E-state index contributed by atoms with van der Waals surface area (Å²) in [6.45, 7) is 3.71. The van der Waals surface area contributed by atoms with Gasteiger partial charge in [-0.2, -0.15) is 4.99 Å². The van der Waals surface area contributed by atoms with Gasteiger partial charge in [0.1, 0.15) is 0 Å². The van der Waals surface area contributed by atoms with Gasteiger partial charge in [0, 0.05) is 22.3 Å². The van der Waals surface area contributed by atoms with Crippen molar-refractivity contribution in [3.8, 4) is 0 Å². The van der Waals surface area contributed by atoms with Crippen LogP contribution >= 0.6 is 11.6 Å². The number of benzene rings is 2. The molecule has 0 aliphatic rings. The summed E-state index contributed by atoms with van der Waals surface area (Å²) >= 11 is 6.20. The van der Waals surface area contributed by atoms with E-state index in [9.17, 15) is 14.4 Å². The topological polar surface area (TPSA) is 126 Å². The standard InChI is InChI=1S/C23H22ClN5O4/c1-3-33-20(31)13-16-12-19(30)27-22(25-16)29-23(26-18-11-7-10-17(24)14(18)2)28-21(32)15-8-5-4-6-9-15/h4-12H,3,13H2,1-2H3,(H3,25,26,27,28,29,30,32).